The van der Waals surface area contributed by atoms with Gasteiger partial charge in [0.05, 0.1) is 30.0 Å². The molecule has 0 fully saturated rings. The summed E-state index contributed by atoms with van der Waals surface area (Å²) in [5.74, 6) is 0.641. The lowest BCUT2D eigenvalue weighted by atomic mass is 9.97. The van der Waals surface area contributed by atoms with E-state index in [1.54, 1.807) is 19.4 Å². The highest BCUT2D eigenvalue weighted by atomic mass is 16.6. The fourth-order valence-corrected chi connectivity index (χ4v) is 2.95. The SMILES string of the molecule is COc1c(C2CC(c3ccccc3)=NO2)c(O)cc2occc12. The molecule has 1 aliphatic heterocycles. The lowest BCUT2D eigenvalue weighted by Gasteiger charge is -2.15. The van der Waals surface area contributed by atoms with Gasteiger partial charge in [0.2, 0.25) is 0 Å². The minimum absolute atomic E-state index is 0.0822. The van der Waals surface area contributed by atoms with E-state index in [9.17, 15) is 5.11 Å². The third-order valence-electron chi connectivity index (χ3n) is 4.03. The predicted molar refractivity (Wildman–Crippen MR) is 85.9 cm³/mol. The second-order valence-corrected chi connectivity index (χ2v) is 5.38. The first-order valence-corrected chi connectivity index (χ1v) is 7.33. The van der Waals surface area contributed by atoms with Crippen LogP contribution < -0.4 is 4.74 Å². The first-order chi connectivity index (χ1) is 11.3. The summed E-state index contributed by atoms with van der Waals surface area (Å²) in [5.41, 5.74) is 3.03. The summed E-state index contributed by atoms with van der Waals surface area (Å²) in [4.78, 5) is 5.57. The monoisotopic (exact) mass is 309 g/mol. The second-order valence-electron chi connectivity index (χ2n) is 5.38. The highest BCUT2D eigenvalue weighted by Crippen LogP contribution is 2.44. The van der Waals surface area contributed by atoms with Crippen molar-refractivity contribution < 1.29 is 19.1 Å². The van der Waals surface area contributed by atoms with Crippen LogP contribution in [0.2, 0.25) is 0 Å². The van der Waals surface area contributed by atoms with Crippen LogP contribution >= 0.6 is 0 Å². The predicted octanol–water partition coefficient (Wildman–Crippen LogP) is 4.01. The summed E-state index contributed by atoms with van der Waals surface area (Å²) >= 11 is 0. The van der Waals surface area contributed by atoms with Gasteiger partial charge in [-0.1, -0.05) is 35.5 Å². The highest BCUT2D eigenvalue weighted by Gasteiger charge is 2.30. The highest BCUT2D eigenvalue weighted by molar-refractivity contribution is 6.01. The van der Waals surface area contributed by atoms with Crippen LogP contribution in [0, 0.1) is 0 Å². The van der Waals surface area contributed by atoms with Crippen LogP contribution in [0.5, 0.6) is 11.5 Å². The molecule has 0 spiro atoms. The molecule has 0 amide bonds. The molecule has 1 unspecified atom stereocenters. The molecule has 0 saturated heterocycles. The third-order valence-corrected chi connectivity index (χ3v) is 4.03. The molecule has 1 N–H and O–H groups in total. The molecule has 1 aliphatic rings. The Labute approximate surface area is 132 Å². The van der Waals surface area contributed by atoms with Crippen molar-refractivity contribution in [1.82, 2.24) is 0 Å². The maximum absolute atomic E-state index is 10.4. The molecular formula is C18H15NO4. The molecule has 23 heavy (non-hydrogen) atoms. The van der Waals surface area contributed by atoms with Crippen LogP contribution in [0.4, 0.5) is 0 Å². The largest absolute Gasteiger partial charge is 0.507 e. The van der Waals surface area contributed by atoms with E-state index in [4.69, 9.17) is 14.0 Å². The zero-order valence-electron chi connectivity index (χ0n) is 12.5. The Kier molecular flexibility index (Phi) is 3.19. The van der Waals surface area contributed by atoms with Crippen molar-refractivity contribution in [2.45, 2.75) is 12.5 Å². The van der Waals surface area contributed by atoms with Crippen molar-refractivity contribution in [1.29, 1.82) is 0 Å². The first kappa shape index (κ1) is 13.7. The minimum Gasteiger partial charge on any atom is -0.507 e. The number of methoxy groups -OCH3 is 1. The van der Waals surface area contributed by atoms with Gasteiger partial charge in [-0.2, -0.15) is 0 Å². The Balaban J connectivity index is 1.72. The fraction of sp³-hybridized carbons (Fsp3) is 0.167. The molecule has 4 rings (SSSR count). The van der Waals surface area contributed by atoms with Crippen LogP contribution in [0.15, 0.2) is 58.3 Å². The van der Waals surface area contributed by atoms with Crippen molar-refractivity contribution in [2.75, 3.05) is 7.11 Å². The zero-order chi connectivity index (χ0) is 15.8. The average molecular weight is 309 g/mol. The van der Waals surface area contributed by atoms with Crippen LogP contribution in [-0.4, -0.2) is 17.9 Å². The number of benzene rings is 2. The van der Waals surface area contributed by atoms with Gasteiger partial charge >= 0.3 is 0 Å². The van der Waals surface area contributed by atoms with Crippen LogP contribution in [-0.2, 0) is 4.84 Å². The topological polar surface area (TPSA) is 64.2 Å². The van der Waals surface area contributed by atoms with Gasteiger partial charge in [-0.05, 0) is 11.6 Å². The van der Waals surface area contributed by atoms with Crippen LogP contribution in [0.3, 0.4) is 0 Å². The standard InChI is InChI=1S/C18H15NO4/c1-21-18-12-7-8-22-15(12)10-14(20)17(18)16-9-13(19-23-16)11-5-3-2-4-6-11/h2-8,10,16,20H,9H2,1H3. The number of phenolic OH excluding ortho intramolecular Hbond substituents is 1. The Bertz CT molecular complexity index is 883. The lowest BCUT2D eigenvalue weighted by Crippen LogP contribution is -2.04. The van der Waals surface area contributed by atoms with E-state index in [1.807, 2.05) is 36.4 Å². The average Bonchev–Trinajstić information content (AvgIpc) is 3.23. The van der Waals surface area contributed by atoms with Gasteiger partial charge in [0, 0.05) is 12.5 Å². The number of oxime groups is 1. The molecule has 1 aromatic heterocycles. The smallest absolute Gasteiger partial charge is 0.165 e. The fourth-order valence-electron chi connectivity index (χ4n) is 2.95. The summed E-state index contributed by atoms with van der Waals surface area (Å²) in [6.07, 6.45) is 1.74. The lowest BCUT2D eigenvalue weighted by molar-refractivity contribution is 0.0818. The number of fused-ring (bicyclic) bond motifs is 1. The first-order valence-electron chi connectivity index (χ1n) is 7.33. The van der Waals surface area contributed by atoms with Gasteiger partial charge in [0.15, 0.2) is 6.10 Å². The quantitative estimate of drug-likeness (QED) is 0.794. The van der Waals surface area contributed by atoms with Gasteiger partial charge in [-0.25, -0.2) is 0 Å². The van der Waals surface area contributed by atoms with Crippen molar-refractivity contribution in [3.8, 4) is 11.5 Å². The maximum atomic E-state index is 10.4. The Morgan fingerprint density at radius 3 is 2.83 bits per heavy atom. The van der Waals surface area contributed by atoms with E-state index in [-0.39, 0.29) is 11.9 Å². The number of hydrogen-bond donors (Lipinski definition) is 1. The Morgan fingerprint density at radius 2 is 2.04 bits per heavy atom. The normalized spacial score (nSPS) is 17.1. The summed E-state index contributed by atoms with van der Waals surface area (Å²) in [7, 11) is 1.57. The molecule has 5 heteroatoms. The van der Waals surface area contributed by atoms with E-state index in [0.29, 0.717) is 23.3 Å². The van der Waals surface area contributed by atoms with Gasteiger partial charge in [-0.15, -0.1) is 0 Å². The molecule has 0 saturated carbocycles. The molecule has 116 valence electrons. The van der Waals surface area contributed by atoms with E-state index >= 15 is 0 Å². The maximum Gasteiger partial charge on any atom is 0.165 e. The molecule has 5 nitrogen and oxygen atoms in total. The van der Waals surface area contributed by atoms with E-state index in [0.717, 1.165) is 16.7 Å². The van der Waals surface area contributed by atoms with E-state index in [2.05, 4.69) is 5.16 Å². The molecule has 0 radical (unpaired) electrons. The summed E-state index contributed by atoms with van der Waals surface area (Å²) in [6, 6.07) is 13.2. The van der Waals surface area contributed by atoms with Gasteiger partial charge in [0.1, 0.15) is 17.1 Å². The summed E-state index contributed by atoms with van der Waals surface area (Å²) < 4.78 is 10.8. The third kappa shape index (κ3) is 2.21. The van der Waals surface area contributed by atoms with Crippen LogP contribution in [0.1, 0.15) is 23.7 Å². The van der Waals surface area contributed by atoms with Crippen LogP contribution in [0.25, 0.3) is 11.0 Å². The van der Waals surface area contributed by atoms with Gasteiger partial charge < -0.3 is 19.1 Å². The molecule has 0 aliphatic carbocycles. The number of rotatable bonds is 3. The minimum atomic E-state index is -0.389. The van der Waals surface area contributed by atoms with E-state index < -0.39 is 0 Å². The van der Waals surface area contributed by atoms with Gasteiger partial charge in [0.25, 0.3) is 0 Å². The second kappa shape index (κ2) is 5.35. The number of nitrogens with zero attached hydrogens (tertiary/aromatic N) is 1. The van der Waals surface area contributed by atoms with E-state index in [1.165, 1.54) is 0 Å². The number of ether oxygens (including phenoxy) is 1. The van der Waals surface area contributed by atoms with Gasteiger partial charge in [-0.3, -0.25) is 0 Å². The van der Waals surface area contributed by atoms with Crippen molar-refractivity contribution in [2.24, 2.45) is 5.16 Å². The molecular weight excluding hydrogens is 294 g/mol. The molecule has 3 aromatic rings. The molecule has 2 aromatic carbocycles. The Morgan fingerprint density at radius 1 is 1.22 bits per heavy atom. The Hall–Kier alpha value is -2.95. The zero-order valence-corrected chi connectivity index (χ0v) is 12.5. The number of furan rings is 1. The van der Waals surface area contributed by atoms with Crippen molar-refractivity contribution >= 4 is 16.7 Å². The number of aromatic hydroxyl groups is 1. The molecule has 1 atom stereocenters. The molecule has 0 bridgehead atoms. The van der Waals surface area contributed by atoms with Crippen molar-refractivity contribution in [3.63, 3.8) is 0 Å². The molecule has 2 heterocycles. The van der Waals surface area contributed by atoms with Crippen molar-refractivity contribution in [3.05, 3.63) is 59.9 Å². The summed E-state index contributed by atoms with van der Waals surface area (Å²) in [6.45, 7) is 0. The summed E-state index contributed by atoms with van der Waals surface area (Å²) in [5, 5.41) is 15.4. The number of phenols is 1. The number of hydrogen-bond acceptors (Lipinski definition) is 5.